The van der Waals surface area contributed by atoms with Crippen molar-refractivity contribution in [1.29, 1.82) is 0 Å². The molecule has 0 aliphatic carbocycles. The Bertz CT molecular complexity index is 1170. The maximum atomic E-state index is 5.62. The van der Waals surface area contributed by atoms with Crippen LogP contribution in [0.15, 0.2) is 55.0 Å². The number of hydrogen-bond donors (Lipinski definition) is 1. The fraction of sp³-hybridized carbons (Fsp3) is 0.261. The lowest BCUT2D eigenvalue weighted by atomic mass is 10.0. The summed E-state index contributed by atoms with van der Waals surface area (Å²) in [4.78, 5) is 9.02. The van der Waals surface area contributed by atoms with Gasteiger partial charge in [0.25, 0.3) is 0 Å². The molecule has 0 aliphatic heterocycles. The van der Waals surface area contributed by atoms with Crippen LogP contribution in [0.3, 0.4) is 0 Å². The van der Waals surface area contributed by atoms with Crippen LogP contribution >= 0.6 is 0 Å². The van der Waals surface area contributed by atoms with Gasteiger partial charge < -0.3 is 14.6 Å². The third-order valence-electron chi connectivity index (χ3n) is 5.02. The highest BCUT2D eigenvalue weighted by Crippen LogP contribution is 2.30. The number of nitrogens with one attached hydrogen (secondary N) is 1. The van der Waals surface area contributed by atoms with Gasteiger partial charge in [0.2, 0.25) is 5.95 Å². The summed E-state index contributed by atoms with van der Waals surface area (Å²) in [6.45, 7) is 6.32. The van der Waals surface area contributed by atoms with Crippen LogP contribution in [0.2, 0.25) is 0 Å². The van der Waals surface area contributed by atoms with Crippen LogP contribution < -0.4 is 10.1 Å². The molecule has 2 aromatic carbocycles. The van der Waals surface area contributed by atoms with Crippen molar-refractivity contribution in [3.63, 3.8) is 0 Å². The minimum absolute atomic E-state index is 0.407. The Morgan fingerprint density at radius 1 is 1.10 bits per heavy atom. The zero-order valence-corrected chi connectivity index (χ0v) is 17.9. The van der Waals surface area contributed by atoms with Gasteiger partial charge in [-0.15, -0.1) is 5.10 Å². The Morgan fingerprint density at radius 3 is 2.60 bits per heavy atom. The summed E-state index contributed by atoms with van der Waals surface area (Å²) in [5, 5.41) is 8.03. The van der Waals surface area contributed by atoms with Crippen LogP contribution in [0.4, 0.5) is 11.6 Å². The minimum atomic E-state index is 0.407. The number of nitrogens with zero attached hydrogens (tertiary/aromatic N) is 5. The van der Waals surface area contributed by atoms with Gasteiger partial charge in [0.05, 0.1) is 24.8 Å². The summed E-state index contributed by atoms with van der Waals surface area (Å²) < 4.78 is 9.32. The maximum absolute atomic E-state index is 5.62. The first kappa shape index (κ1) is 19.7. The highest BCUT2D eigenvalue weighted by Gasteiger charge is 2.15. The van der Waals surface area contributed by atoms with Gasteiger partial charge in [-0.2, -0.15) is 4.98 Å². The number of imidazole rings is 1. The molecule has 7 heteroatoms. The van der Waals surface area contributed by atoms with Gasteiger partial charge in [0.15, 0.2) is 5.82 Å². The van der Waals surface area contributed by atoms with E-state index in [4.69, 9.17) is 9.72 Å². The summed E-state index contributed by atoms with van der Waals surface area (Å²) in [5.74, 6) is 2.46. The second kappa shape index (κ2) is 8.02. The van der Waals surface area contributed by atoms with E-state index in [-0.39, 0.29) is 0 Å². The van der Waals surface area contributed by atoms with Crippen molar-refractivity contribution in [1.82, 2.24) is 24.3 Å². The molecule has 2 heterocycles. The minimum Gasteiger partial charge on any atom is -0.495 e. The van der Waals surface area contributed by atoms with Crippen molar-refractivity contribution in [2.24, 2.45) is 7.05 Å². The number of hydrogen-bond acceptors (Lipinski definition) is 5. The fourth-order valence-electron chi connectivity index (χ4n) is 3.43. The van der Waals surface area contributed by atoms with Crippen molar-refractivity contribution in [3.05, 3.63) is 66.2 Å². The largest absolute Gasteiger partial charge is 0.495 e. The van der Waals surface area contributed by atoms with E-state index in [1.54, 1.807) is 18.1 Å². The second-order valence-electron chi connectivity index (χ2n) is 7.56. The van der Waals surface area contributed by atoms with E-state index in [9.17, 15) is 0 Å². The summed E-state index contributed by atoms with van der Waals surface area (Å²) in [6, 6.07) is 14.2. The zero-order valence-electron chi connectivity index (χ0n) is 17.9. The van der Waals surface area contributed by atoms with Crippen molar-refractivity contribution in [2.75, 3.05) is 12.4 Å². The fourth-order valence-corrected chi connectivity index (χ4v) is 3.43. The lowest BCUT2D eigenvalue weighted by Gasteiger charge is -2.13. The quantitative estimate of drug-likeness (QED) is 0.499. The molecule has 0 atom stereocenters. The third kappa shape index (κ3) is 3.78. The van der Waals surface area contributed by atoms with Gasteiger partial charge in [-0.1, -0.05) is 32.0 Å². The first-order chi connectivity index (χ1) is 14.5. The van der Waals surface area contributed by atoms with Gasteiger partial charge in [-0.25, -0.2) is 9.67 Å². The van der Waals surface area contributed by atoms with E-state index in [1.807, 2.05) is 49.0 Å². The SMILES string of the molecule is COc1cc(-c2nc(Nc3ccccc3C(C)C)n(C)n2)ccc1-n1cnc(C)c1. The predicted molar refractivity (Wildman–Crippen MR) is 119 cm³/mol. The van der Waals surface area contributed by atoms with Gasteiger partial charge in [0.1, 0.15) is 5.75 Å². The van der Waals surface area contributed by atoms with Crippen LogP contribution in [0, 0.1) is 6.92 Å². The number of ether oxygens (including phenoxy) is 1. The van der Waals surface area contributed by atoms with E-state index < -0.39 is 0 Å². The molecule has 0 aliphatic rings. The Hall–Kier alpha value is -3.61. The molecule has 0 fully saturated rings. The molecule has 4 aromatic rings. The standard InChI is InChI=1S/C23H26N6O/c1-15(2)18-8-6-7-9-19(18)25-23-26-22(27-28(23)4)17-10-11-20(21(12-17)30-5)29-13-16(3)24-14-29/h6-15H,1-5H3,(H,25,26,27). The molecule has 0 radical (unpaired) electrons. The first-order valence-electron chi connectivity index (χ1n) is 9.92. The molecule has 154 valence electrons. The normalized spacial score (nSPS) is 11.1. The molecule has 0 amide bonds. The molecule has 0 spiro atoms. The number of para-hydroxylation sites is 1. The van der Waals surface area contributed by atoms with Crippen molar-refractivity contribution < 1.29 is 4.74 Å². The summed E-state index contributed by atoms with van der Waals surface area (Å²) >= 11 is 0. The zero-order chi connectivity index (χ0) is 21.3. The number of rotatable bonds is 6. The van der Waals surface area contributed by atoms with Crippen LogP contribution in [0.5, 0.6) is 5.75 Å². The topological polar surface area (TPSA) is 69.8 Å². The summed E-state index contributed by atoms with van der Waals surface area (Å²) in [7, 11) is 3.55. The monoisotopic (exact) mass is 402 g/mol. The predicted octanol–water partition coefficient (Wildman–Crippen LogP) is 4.85. The lowest BCUT2D eigenvalue weighted by Crippen LogP contribution is -2.03. The number of methoxy groups -OCH3 is 1. The molecule has 7 nitrogen and oxygen atoms in total. The van der Waals surface area contributed by atoms with Crippen LogP contribution in [-0.4, -0.2) is 31.4 Å². The molecule has 0 bridgehead atoms. The van der Waals surface area contributed by atoms with Crippen molar-refractivity contribution >= 4 is 11.6 Å². The van der Waals surface area contributed by atoms with Gasteiger partial charge in [0, 0.05) is 24.5 Å². The first-order valence-corrected chi connectivity index (χ1v) is 9.92. The molecule has 0 saturated heterocycles. The lowest BCUT2D eigenvalue weighted by molar-refractivity contribution is 0.413. The molecule has 4 rings (SSSR count). The highest BCUT2D eigenvalue weighted by molar-refractivity contribution is 5.66. The Kier molecular flexibility index (Phi) is 5.27. The van der Waals surface area contributed by atoms with Crippen LogP contribution in [0.25, 0.3) is 17.1 Å². The molecular weight excluding hydrogens is 376 g/mol. The number of aromatic nitrogens is 5. The average Bonchev–Trinajstić information content (AvgIpc) is 3.33. The highest BCUT2D eigenvalue weighted by atomic mass is 16.5. The maximum Gasteiger partial charge on any atom is 0.225 e. The van der Waals surface area contributed by atoms with E-state index >= 15 is 0 Å². The van der Waals surface area contributed by atoms with E-state index in [0.29, 0.717) is 17.7 Å². The molecular formula is C23H26N6O. The van der Waals surface area contributed by atoms with Crippen LogP contribution in [0.1, 0.15) is 31.0 Å². The van der Waals surface area contributed by atoms with Crippen LogP contribution in [-0.2, 0) is 7.05 Å². The van der Waals surface area contributed by atoms with Crippen molar-refractivity contribution in [3.8, 4) is 22.8 Å². The Balaban J connectivity index is 1.66. The van der Waals surface area contributed by atoms with E-state index in [1.165, 1.54) is 5.56 Å². The molecule has 0 unspecified atom stereocenters. The number of aryl methyl sites for hydroxylation is 2. The van der Waals surface area contributed by atoms with Gasteiger partial charge in [-0.3, -0.25) is 0 Å². The second-order valence-corrected chi connectivity index (χ2v) is 7.56. The Labute approximate surface area is 176 Å². The number of anilines is 2. The molecule has 30 heavy (non-hydrogen) atoms. The van der Waals surface area contributed by atoms with Gasteiger partial charge >= 0.3 is 0 Å². The van der Waals surface area contributed by atoms with Gasteiger partial charge in [-0.05, 0) is 42.7 Å². The third-order valence-corrected chi connectivity index (χ3v) is 5.02. The average molecular weight is 403 g/mol. The Morgan fingerprint density at radius 2 is 1.90 bits per heavy atom. The number of benzene rings is 2. The molecule has 2 aromatic heterocycles. The summed E-state index contributed by atoms with van der Waals surface area (Å²) in [6.07, 6.45) is 3.74. The summed E-state index contributed by atoms with van der Waals surface area (Å²) in [5.41, 5.74) is 5.03. The molecule has 0 saturated carbocycles. The van der Waals surface area contributed by atoms with Crippen molar-refractivity contribution in [2.45, 2.75) is 26.7 Å². The van der Waals surface area contributed by atoms with E-state index in [2.05, 4.69) is 47.4 Å². The molecule has 1 N–H and O–H groups in total. The smallest absolute Gasteiger partial charge is 0.225 e. The van der Waals surface area contributed by atoms with E-state index in [0.717, 1.165) is 28.4 Å².